The van der Waals surface area contributed by atoms with Crippen LogP contribution in [0.15, 0.2) is 24.3 Å². The molecule has 0 bridgehead atoms. The van der Waals surface area contributed by atoms with E-state index in [9.17, 15) is 10.1 Å². The molecule has 1 aliphatic rings. The summed E-state index contributed by atoms with van der Waals surface area (Å²) in [5.41, 5.74) is 1.42. The highest BCUT2D eigenvalue weighted by Gasteiger charge is 2.29. The number of nitro groups is 1. The molecule has 0 aliphatic carbocycles. The molecule has 1 aromatic carbocycles. The number of hydrogen-bond acceptors (Lipinski definition) is 5. The van der Waals surface area contributed by atoms with Gasteiger partial charge >= 0.3 is 6.15 Å². The van der Waals surface area contributed by atoms with Crippen molar-refractivity contribution in [2.75, 3.05) is 13.2 Å². The molecule has 0 radical (unpaired) electrons. The number of carbonyl (C=O) groups excluding carboxylic acids is 2. The summed E-state index contributed by atoms with van der Waals surface area (Å²) in [6, 6.07) is 6.89. The third-order valence-corrected chi connectivity index (χ3v) is 3.37. The summed E-state index contributed by atoms with van der Waals surface area (Å²) < 4.78 is 5.34. The minimum Gasteiger partial charge on any atom is -0.381 e. The zero-order valence-corrected chi connectivity index (χ0v) is 10.6. The number of rotatable bonds is 2. The van der Waals surface area contributed by atoms with Gasteiger partial charge in [-0.25, -0.2) is 0 Å². The number of nitro benzene ring substituents is 1. The third-order valence-electron chi connectivity index (χ3n) is 3.37. The summed E-state index contributed by atoms with van der Waals surface area (Å²) >= 11 is 0. The van der Waals surface area contributed by atoms with Crippen molar-refractivity contribution < 1.29 is 19.2 Å². The zero-order chi connectivity index (χ0) is 14.3. The van der Waals surface area contributed by atoms with E-state index in [0.29, 0.717) is 0 Å². The summed E-state index contributed by atoms with van der Waals surface area (Å²) in [6.07, 6.45) is 2.20. The molecule has 1 aromatic rings. The van der Waals surface area contributed by atoms with E-state index < -0.39 is 0 Å². The SMILES string of the molecule is CC1(c2ccc([N+](=O)[O-])cc2)CCOCC1.O=C=O. The second-order valence-corrected chi connectivity index (χ2v) is 4.56. The first-order chi connectivity index (χ1) is 9.03. The van der Waals surface area contributed by atoms with Crippen molar-refractivity contribution in [3.63, 3.8) is 0 Å². The Balaban J connectivity index is 0.000000550. The van der Waals surface area contributed by atoms with E-state index in [0.717, 1.165) is 26.1 Å². The standard InChI is InChI=1S/C12H15NO3.CO2/c1-12(6-8-16-9-7-12)10-2-4-11(5-3-10)13(14)15;2-1-3/h2-5H,6-9H2,1H3;. The maximum Gasteiger partial charge on any atom is 0.373 e. The normalized spacial score (nSPS) is 16.7. The minimum absolute atomic E-state index is 0.105. The van der Waals surface area contributed by atoms with Gasteiger partial charge in [0.15, 0.2) is 0 Å². The molecule has 0 unspecified atom stereocenters. The molecule has 0 saturated carbocycles. The summed E-state index contributed by atoms with van der Waals surface area (Å²) in [6.45, 7) is 3.73. The largest absolute Gasteiger partial charge is 0.381 e. The van der Waals surface area contributed by atoms with Gasteiger partial charge in [-0.15, -0.1) is 0 Å². The molecule has 6 nitrogen and oxygen atoms in total. The molecular formula is C13H15NO5. The smallest absolute Gasteiger partial charge is 0.373 e. The Morgan fingerprint density at radius 1 is 1.21 bits per heavy atom. The molecule has 1 saturated heterocycles. The van der Waals surface area contributed by atoms with Crippen LogP contribution in [0.2, 0.25) is 0 Å². The van der Waals surface area contributed by atoms with E-state index in [-0.39, 0.29) is 22.2 Å². The van der Waals surface area contributed by atoms with Crippen LogP contribution >= 0.6 is 0 Å². The van der Waals surface area contributed by atoms with Gasteiger partial charge in [-0.1, -0.05) is 19.1 Å². The monoisotopic (exact) mass is 265 g/mol. The van der Waals surface area contributed by atoms with Gasteiger partial charge in [0, 0.05) is 25.3 Å². The van der Waals surface area contributed by atoms with Gasteiger partial charge in [-0.3, -0.25) is 10.1 Å². The van der Waals surface area contributed by atoms with E-state index in [1.807, 2.05) is 12.1 Å². The lowest BCUT2D eigenvalue weighted by atomic mass is 9.76. The molecular weight excluding hydrogens is 250 g/mol. The number of ether oxygens (including phenoxy) is 1. The van der Waals surface area contributed by atoms with Crippen LogP contribution in [-0.2, 0) is 19.7 Å². The maximum absolute atomic E-state index is 10.6. The van der Waals surface area contributed by atoms with Gasteiger partial charge in [-0.2, -0.15) is 9.59 Å². The predicted octanol–water partition coefficient (Wildman–Crippen LogP) is 2.08. The average Bonchev–Trinajstić information content (AvgIpc) is 2.40. The van der Waals surface area contributed by atoms with Crippen LogP contribution in [0.4, 0.5) is 5.69 Å². The number of benzene rings is 1. The van der Waals surface area contributed by atoms with Gasteiger partial charge in [0.25, 0.3) is 5.69 Å². The highest BCUT2D eigenvalue weighted by Crippen LogP contribution is 2.34. The van der Waals surface area contributed by atoms with Crippen LogP contribution < -0.4 is 0 Å². The van der Waals surface area contributed by atoms with E-state index in [4.69, 9.17) is 14.3 Å². The van der Waals surface area contributed by atoms with Crippen molar-refractivity contribution in [3.05, 3.63) is 39.9 Å². The molecule has 0 spiro atoms. The van der Waals surface area contributed by atoms with Crippen LogP contribution in [0.1, 0.15) is 25.3 Å². The minimum atomic E-state index is -0.365. The predicted molar refractivity (Wildman–Crippen MR) is 65.5 cm³/mol. The fourth-order valence-electron chi connectivity index (χ4n) is 2.10. The zero-order valence-electron chi connectivity index (χ0n) is 10.6. The fourth-order valence-corrected chi connectivity index (χ4v) is 2.10. The van der Waals surface area contributed by atoms with Crippen molar-refractivity contribution in [1.82, 2.24) is 0 Å². The van der Waals surface area contributed by atoms with Crippen LogP contribution in [0.5, 0.6) is 0 Å². The molecule has 0 atom stereocenters. The summed E-state index contributed by atoms with van der Waals surface area (Å²) in [5.74, 6) is 0. The van der Waals surface area contributed by atoms with Crippen LogP contribution in [-0.4, -0.2) is 24.3 Å². The maximum atomic E-state index is 10.6. The van der Waals surface area contributed by atoms with Gasteiger partial charge in [-0.05, 0) is 23.8 Å². The first-order valence-electron chi connectivity index (χ1n) is 5.85. The quantitative estimate of drug-likeness (QED) is 0.603. The highest BCUT2D eigenvalue weighted by atomic mass is 16.6. The van der Waals surface area contributed by atoms with Gasteiger partial charge in [0.2, 0.25) is 0 Å². The Morgan fingerprint density at radius 3 is 2.11 bits per heavy atom. The molecule has 6 heteroatoms. The second kappa shape index (κ2) is 6.78. The van der Waals surface area contributed by atoms with Crippen molar-refractivity contribution >= 4 is 11.8 Å². The number of nitrogens with zero attached hydrogens (tertiary/aromatic N) is 1. The van der Waals surface area contributed by atoms with Crippen LogP contribution in [0, 0.1) is 10.1 Å². The Labute approximate surface area is 110 Å². The summed E-state index contributed by atoms with van der Waals surface area (Å²) in [7, 11) is 0. The first-order valence-corrected chi connectivity index (χ1v) is 5.85. The molecule has 0 N–H and O–H groups in total. The van der Waals surface area contributed by atoms with Crippen LogP contribution in [0.25, 0.3) is 0 Å². The van der Waals surface area contributed by atoms with E-state index in [1.54, 1.807) is 12.1 Å². The highest BCUT2D eigenvalue weighted by molar-refractivity contribution is 5.36. The van der Waals surface area contributed by atoms with E-state index >= 15 is 0 Å². The third kappa shape index (κ3) is 3.98. The molecule has 102 valence electrons. The molecule has 2 rings (SSSR count). The molecule has 0 aromatic heterocycles. The Morgan fingerprint density at radius 2 is 1.68 bits per heavy atom. The van der Waals surface area contributed by atoms with Crippen LogP contribution in [0.3, 0.4) is 0 Å². The molecule has 0 amide bonds. The Hall–Kier alpha value is -2.04. The summed E-state index contributed by atoms with van der Waals surface area (Å²) in [4.78, 5) is 26.4. The van der Waals surface area contributed by atoms with Crippen molar-refractivity contribution in [1.29, 1.82) is 0 Å². The lowest BCUT2D eigenvalue weighted by molar-refractivity contribution is -0.384. The van der Waals surface area contributed by atoms with Crippen molar-refractivity contribution in [3.8, 4) is 0 Å². The molecule has 1 aliphatic heterocycles. The van der Waals surface area contributed by atoms with Crippen molar-refractivity contribution in [2.45, 2.75) is 25.2 Å². The molecule has 19 heavy (non-hydrogen) atoms. The number of non-ortho nitro benzene ring substituents is 1. The lowest BCUT2D eigenvalue weighted by Crippen LogP contribution is -2.30. The summed E-state index contributed by atoms with van der Waals surface area (Å²) in [5, 5.41) is 10.6. The molecule has 1 heterocycles. The van der Waals surface area contributed by atoms with Gasteiger partial charge in [0.05, 0.1) is 4.92 Å². The Bertz CT molecular complexity index is 456. The van der Waals surface area contributed by atoms with E-state index in [2.05, 4.69) is 6.92 Å². The van der Waals surface area contributed by atoms with Crippen molar-refractivity contribution in [2.24, 2.45) is 0 Å². The molecule has 1 fully saturated rings. The second-order valence-electron chi connectivity index (χ2n) is 4.56. The van der Waals surface area contributed by atoms with Gasteiger partial charge < -0.3 is 4.74 Å². The fraction of sp³-hybridized carbons (Fsp3) is 0.462. The Kier molecular flexibility index (Phi) is 5.36. The first kappa shape index (κ1) is 15.0. The van der Waals surface area contributed by atoms with Gasteiger partial charge in [0.1, 0.15) is 0 Å². The number of hydrogen-bond donors (Lipinski definition) is 0. The van der Waals surface area contributed by atoms with E-state index in [1.165, 1.54) is 5.56 Å². The lowest BCUT2D eigenvalue weighted by Gasteiger charge is -2.33. The average molecular weight is 265 g/mol. The topological polar surface area (TPSA) is 86.5 Å².